The summed E-state index contributed by atoms with van der Waals surface area (Å²) in [5.74, 6) is -1.96. The molecule has 0 aliphatic rings. The van der Waals surface area contributed by atoms with E-state index >= 15 is 0 Å². The summed E-state index contributed by atoms with van der Waals surface area (Å²) < 4.78 is 0. The van der Waals surface area contributed by atoms with Gasteiger partial charge in [-0.15, -0.1) is 0 Å². The molecule has 12 heteroatoms. The van der Waals surface area contributed by atoms with Crippen LogP contribution in [0.4, 0.5) is 0 Å². The molecule has 0 rings (SSSR count). The van der Waals surface area contributed by atoms with E-state index in [9.17, 15) is 9.59 Å². The Morgan fingerprint density at radius 3 is 0.897 bits per heavy atom. The quantitative estimate of drug-likeness (QED) is 0.175. The Morgan fingerprint density at radius 1 is 0.724 bits per heavy atom. The van der Waals surface area contributed by atoms with Gasteiger partial charge in [0.05, 0.1) is 39.6 Å². The number of carbonyl (C=O) groups is 2. The summed E-state index contributed by atoms with van der Waals surface area (Å²) in [4.78, 5) is 18.5. The van der Waals surface area contributed by atoms with E-state index < -0.39 is 24.1 Å². The predicted molar refractivity (Wildman–Crippen MR) is 104 cm³/mol. The zero-order valence-corrected chi connectivity index (χ0v) is 16.8. The van der Waals surface area contributed by atoms with Crippen molar-refractivity contribution in [1.29, 1.82) is 0 Å². The molecule has 0 saturated carbocycles. The Labute approximate surface area is 169 Å². The van der Waals surface area contributed by atoms with Crippen LogP contribution in [0.25, 0.3) is 0 Å². The summed E-state index contributed by atoms with van der Waals surface area (Å²) in [7, 11) is 0. The molecule has 0 fully saturated rings. The number of aliphatic carboxylic acids is 2. The summed E-state index contributed by atoms with van der Waals surface area (Å²) in [6.45, 7) is 8.15. The molecule has 0 radical (unpaired) electrons. The molecule has 0 aromatic carbocycles. The van der Waals surface area contributed by atoms with Crippen molar-refractivity contribution in [3.8, 4) is 0 Å². The maximum Gasteiger partial charge on any atom is 0.327 e. The third-order valence-corrected chi connectivity index (χ3v) is 2.05. The topological polar surface area (TPSA) is 236 Å². The number of hydrogen-bond acceptors (Lipinski definition) is 10. The Hall–Kier alpha value is -1.90. The van der Waals surface area contributed by atoms with E-state index in [0.717, 1.165) is 12.2 Å². The minimum atomic E-state index is -0.981. The summed E-state index contributed by atoms with van der Waals surface area (Å²) in [5, 5.41) is 80.1. The fraction of sp³-hybridized carbons (Fsp3) is 0.647. The van der Waals surface area contributed by atoms with Gasteiger partial charge in [0, 0.05) is 17.6 Å². The van der Waals surface area contributed by atoms with Crippen molar-refractivity contribution in [3.63, 3.8) is 0 Å². The minimum absolute atomic E-state index is 0.0451. The van der Waals surface area contributed by atoms with Gasteiger partial charge in [-0.05, 0) is 0 Å². The van der Waals surface area contributed by atoms with Crippen LogP contribution in [0.1, 0.15) is 13.8 Å². The minimum Gasteiger partial charge on any atom is -0.478 e. The van der Waals surface area contributed by atoms with Crippen molar-refractivity contribution < 1.29 is 60.7 Å². The first-order chi connectivity index (χ1) is 13.3. The fourth-order valence-corrected chi connectivity index (χ4v) is 0.165. The van der Waals surface area contributed by atoms with E-state index in [1.54, 1.807) is 13.8 Å². The summed E-state index contributed by atoms with van der Waals surface area (Å²) in [6, 6.07) is 0. The monoisotopic (exact) mass is 432 g/mol. The molecule has 10 N–H and O–H groups in total. The first kappa shape index (κ1) is 37.8. The molecular weight excluding hydrogens is 396 g/mol. The van der Waals surface area contributed by atoms with Crippen LogP contribution in [0.3, 0.4) is 0 Å². The van der Waals surface area contributed by atoms with Gasteiger partial charge in [-0.25, -0.2) is 9.59 Å². The van der Waals surface area contributed by atoms with Crippen molar-refractivity contribution in [2.75, 3.05) is 39.6 Å². The van der Waals surface area contributed by atoms with E-state index in [2.05, 4.69) is 13.2 Å². The molecular formula is C17H36O12. The van der Waals surface area contributed by atoms with Crippen molar-refractivity contribution >= 4 is 11.9 Å². The van der Waals surface area contributed by atoms with Crippen molar-refractivity contribution in [1.82, 2.24) is 0 Å². The zero-order valence-electron chi connectivity index (χ0n) is 16.8. The summed E-state index contributed by atoms with van der Waals surface area (Å²) >= 11 is 0. The van der Waals surface area contributed by atoms with Gasteiger partial charge >= 0.3 is 11.9 Å². The van der Waals surface area contributed by atoms with E-state index in [1.807, 2.05) is 0 Å². The second-order valence-corrected chi connectivity index (χ2v) is 5.60. The van der Waals surface area contributed by atoms with Gasteiger partial charge in [0.25, 0.3) is 0 Å². The van der Waals surface area contributed by atoms with E-state index in [1.165, 1.54) is 0 Å². The van der Waals surface area contributed by atoms with Crippen molar-refractivity contribution in [3.05, 3.63) is 25.3 Å². The number of aliphatic hydroxyl groups excluding tert-OH is 8. The maximum absolute atomic E-state index is 9.25. The van der Waals surface area contributed by atoms with Gasteiger partial charge in [-0.2, -0.15) is 0 Å². The molecule has 29 heavy (non-hydrogen) atoms. The van der Waals surface area contributed by atoms with Crippen LogP contribution in [0.15, 0.2) is 25.3 Å². The predicted octanol–water partition coefficient (Wildman–Crippen LogP) is -2.82. The molecule has 0 heterocycles. The van der Waals surface area contributed by atoms with Gasteiger partial charge in [0.15, 0.2) is 0 Å². The van der Waals surface area contributed by atoms with Crippen molar-refractivity contribution in [2.45, 2.75) is 26.1 Å². The molecule has 12 nitrogen and oxygen atoms in total. The highest BCUT2D eigenvalue weighted by Gasteiger charge is 2.13. The lowest BCUT2D eigenvalue weighted by atomic mass is 9.97. The van der Waals surface area contributed by atoms with E-state index in [4.69, 9.17) is 51.1 Å². The zero-order chi connectivity index (χ0) is 24.5. The van der Waals surface area contributed by atoms with Crippen LogP contribution in [-0.4, -0.2) is 115 Å². The lowest BCUT2D eigenvalue weighted by Crippen LogP contribution is -2.20. The Bertz CT molecular complexity index is 343. The molecule has 0 aliphatic carbocycles. The van der Waals surface area contributed by atoms with E-state index in [-0.39, 0.29) is 45.1 Å². The van der Waals surface area contributed by atoms with Crippen LogP contribution in [0.5, 0.6) is 0 Å². The maximum atomic E-state index is 9.25. The normalized spacial score (nSPS) is 9.24. The third kappa shape index (κ3) is 58.5. The second-order valence-electron chi connectivity index (χ2n) is 5.60. The lowest BCUT2D eigenvalue weighted by Gasteiger charge is -2.16. The standard InChI is InChI=1S/C5H12O2.2C3H8O3.2C3H4O2/c1-5(2,3-6)4-7;2*4-1-3(6)2-5;2*1-2-3(4)5/h6-7H,3-4H2,1-2H3;2*3-6H,1-2H2;2*2H,1H2,(H,4,5). The smallest absolute Gasteiger partial charge is 0.327 e. The number of rotatable bonds is 8. The SMILES string of the molecule is C=CC(=O)O.C=CC(=O)O.CC(C)(CO)CO.OCC(O)CO.OCC(O)CO. The lowest BCUT2D eigenvalue weighted by molar-refractivity contribution is -0.132. The van der Waals surface area contributed by atoms with Gasteiger partial charge < -0.3 is 51.1 Å². The average molecular weight is 432 g/mol. The molecule has 0 aliphatic heterocycles. The second kappa shape index (κ2) is 28.3. The molecule has 0 bridgehead atoms. The summed E-state index contributed by atoms with van der Waals surface area (Å²) in [5.41, 5.74) is -0.306. The molecule has 0 aromatic rings. The highest BCUT2D eigenvalue weighted by Crippen LogP contribution is 2.10. The average Bonchev–Trinajstić information content (AvgIpc) is 2.73. The van der Waals surface area contributed by atoms with E-state index in [0.29, 0.717) is 0 Å². The van der Waals surface area contributed by atoms with Crippen LogP contribution in [0, 0.1) is 5.41 Å². The van der Waals surface area contributed by atoms with Gasteiger partial charge in [-0.1, -0.05) is 27.0 Å². The molecule has 0 aromatic heterocycles. The largest absolute Gasteiger partial charge is 0.478 e. The first-order valence-corrected chi connectivity index (χ1v) is 8.00. The highest BCUT2D eigenvalue weighted by atomic mass is 16.4. The molecule has 0 spiro atoms. The molecule has 0 atom stereocenters. The highest BCUT2D eigenvalue weighted by molar-refractivity contribution is 5.79. The van der Waals surface area contributed by atoms with Crippen LogP contribution >= 0.6 is 0 Å². The van der Waals surface area contributed by atoms with Gasteiger partial charge in [0.1, 0.15) is 12.2 Å². The molecule has 176 valence electrons. The molecule has 0 saturated heterocycles. The van der Waals surface area contributed by atoms with Crippen molar-refractivity contribution in [2.24, 2.45) is 5.41 Å². The van der Waals surface area contributed by atoms with Gasteiger partial charge in [0.2, 0.25) is 0 Å². The summed E-state index contributed by atoms with van der Waals surface area (Å²) in [6.07, 6.45) is -0.241. The molecule has 0 unspecified atom stereocenters. The van der Waals surface area contributed by atoms with Crippen LogP contribution in [-0.2, 0) is 9.59 Å². The third-order valence-electron chi connectivity index (χ3n) is 2.05. The fourth-order valence-electron chi connectivity index (χ4n) is 0.165. The van der Waals surface area contributed by atoms with Crippen LogP contribution < -0.4 is 0 Å². The van der Waals surface area contributed by atoms with Crippen LogP contribution in [0.2, 0.25) is 0 Å². The number of hydrogen-bond donors (Lipinski definition) is 10. The number of carboxylic acid groups (broad SMARTS) is 2. The Morgan fingerprint density at radius 2 is 0.897 bits per heavy atom. The molecule has 0 amide bonds. The number of aliphatic hydroxyl groups is 8. The Balaban J connectivity index is -0.0000000833. The number of carboxylic acids is 2. The first-order valence-electron chi connectivity index (χ1n) is 8.00. The Kier molecular flexibility index (Phi) is 36.9. The van der Waals surface area contributed by atoms with Gasteiger partial charge in [-0.3, -0.25) is 0 Å².